The van der Waals surface area contributed by atoms with Gasteiger partial charge >= 0.3 is 5.97 Å². The second kappa shape index (κ2) is 11.2. The molecule has 9 heteroatoms. The molecule has 1 aromatic heterocycles. The van der Waals surface area contributed by atoms with E-state index in [9.17, 15) is 14.4 Å². The molecule has 0 saturated carbocycles. The lowest BCUT2D eigenvalue weighted by Gasteiger charge is -2.19. The lowest BCUT2D eigenvalue weighted by atomic mass is 10.1. The number of methoxy groups -OCH3 is 1. The van der Waals surface area contributed by atoms with Crippen LogP contribution in [0, 0.1) is 0 Å². The van der Waals surface area contributed by atoms with Crippen LogP contribution < -0.4 is 15.4 Å². The van der Waals surface area contributed by atoms with Crippen molar-refractivity contribution in [1.82, 2.24) is 15.2 Å². The van der Waals surface area contributed by atoms with Gasteiger partial charge in [0.1, 0.15) is 11.3 Å². The van der Waals surface area contributed by atoms with Crippen LogP contribution in [0.5, 0.6) is 5.75 Å². The van der Waals surface area contributed by atoms with E-state index in [0.717, 1.165) is 0 Å². The maximum absolute atomic E-state index is 13.2. The Kier molecular flexibility index (Phi) is 7.63. The molecule has 0 aliphatic rings. The molecule has 3 aromatic carbocycles. The minimum absolute atomic E-state index is 0.151. The van der Waals surface area contributed by atoms with Crippen molar-refractivity contribution in [3.63, 3.8) is 0 Å². The molecule has 0 spiro atoms. The Bertz CT molecular complexity index is 1440. The molecule has 188 valence electrons. The Morgan fingerprint density at radius 3 is 2.35 bits per heavy atom. The van der Waals surface area contributed by atoms with Crippen LogP contribution in [0.4, 0.5) is 11.4 Å². The second-order valence-corrected chi connectivity index (χ2v) is 8.14. The Morgan fingerprint density at radius 2 is 1.68 bits per heavy atom. The van der Waals surface area contributed by atoms with E-state index < -0.39 is 5.97 Å². The number of rotatable bonds is 8. The first-order chi connectivity index (χ1) is 17.9. The SMILES string of the molecule is CNC(=O)c1ccc2ncc(C(=O)OCN(C)C(=O)c3ccccc3)c(Nc3ccc(OC)cc3)c2c1. The third kappa shape index (κ3) is 5.67. The lowest BCUT2D eigenvalue weighted by molar-refractivity contribution is 0.0261. The standard InChI is InChI=1S/C28H26N4O5/c1-29-26(33)19-9-14-24-22(15-19)25(31-20-10-12-21(36-3)13-11-20)23(16-30-24)28(35)37-17-32(2)27(34)18-7-5-4-6-8-18/h4-16H,17H2,1-3H3,(H,29,33)(H,30,31). The first-order valence-corrected chi connectivity index (χ1v) is 11.4. The van der Waals surface area contributed by atoms with Crippen molar-refractivity contribution in [3.05, 3.63) is 95.7 Å². The number of ether oxygens (including phenoxy) is 2. The number of hydrogen-bond acceptors (Lipinski definition) is 7. The van der Waals surface area contributed by atoms with E-state index in [1.807, 2.05) is 6.07 Å². The molecule has 37 heavy (non-hydrogen) atoms. The van der Waals surface area contributed by atoms with Gasteiger partial charge in [-0.15, -0.1) is 0 Å². The van der Waals surface area contributed by atoms with Gasteiger partial charge in [0.15, 0.2) is 6.73 Å². The monoisotopic (exact) mass is 498 g/mol. The quantitative estimate of drug-likeness (QED) is 0.276. The van der Waals surface area contributed by atoms with Crippen molar-refractivity contribution >= 4 is 40.1 Å². The van der Waals surface area contributed by atoms with E-state index in [1.54, 1.807) is 87.9 Å². The number of hydrogen-bond donors (Lipinski definition) is 2. The maximum Gasteiger partial charge on any atom is 0.343 e. The number of amides is 2. The average molecular weight is 499 g/mol. The van der Waals surface area contributed by atoms with Gasteiger partial charge in [0.05, 0.1) is 18.3 Å². The predicted molar refractivity (Wildman–Crippen MR) is 140 cm³/mol. The summed E-state index contributed by atoms with van der Waals surface area (Å²) in [6, 6.07) is 20.9. The fraction of sp³-hybridized carbons (Fsp3) is 0.143. The molecule has 0 saturated heterocycles. The van der Waals surface area contributed by atoms with E-state index in [-0.39, 0.29) is 24.1 Å². The van der Waals surface area contributed by atoms with E-state index in [2.05, 4.69) is 15.6 Å². The zero-order valence-electron chi connectivity index (χ0n) is 20.6. The molecule has 0 unspecified atom stereocenters. The van der Waals surface area contributed by atoms with E-state index >= 15 is 0 Å². The molecular weight excluding hydrogens is 472 g/mol. The summed E-state index contributed by atoms with van der Waals surface area (Å²) in [5, 5.41) is 6.41. The summed E-state index contributed by atoms with van der Waals surface area (Å²) in [6.07, 6.45) is 1.41. The van der Waals surface area contributed by atoms with Crippen molar-refractivity contribution in [1.29, 1.82) is 0 Å². The highest BCUT2D eigenvalue weighted by molar-refractivity contribution is 6.08. The number of esters is 1. The molecular formula is C28H26N4O5. The van der Waals surface area contributed by atoms with Gasteiger partial charge in [0.2, 0.25) is 0 Å². The average Bonchev–Trinajstić information content (AvgIpc) is 2.95. The second-order valence-electron chi connectivity index (χ2n) is 8.14. The number of carbonyl (C=O) groups is 3. The number of nitrogens with zero attached hydrogens (tertiary/aromatic N) is 2. The Morgan fingerprint density at radius 1 is 0.946 bits per heavy atom. The number of anilines is 2. The minimum atomic E-state index is -0.677. The Hall–Kier alpha value is -4.92. The Balaban J connectivity index is 1.66. The summed E-state index contributed by atoms with van der Waals surface area (Å²) in [5.41, 5.74) is 2.73. The van der Waals surface area contributed by atoms with Crippen LogP contribution >= 0.6 is 0 Å². The molecule has 2 amide bonds. The van der Waals surface area contributed by atoms with Crippen molar-refractivity contribution in [3.8, 4) is 5.75 Å². The highest BCUT2D eigenvalue weighted by Gasteiger charge is 2.20. The van der Waals surface area contributed by atoms with Crippen LogP contribution in [-0.2, 0) is 4.74 Å². The molecule has 0 fully saturated rings. The number of fused-ring (bicyclic) bond motifs is 1. The molecule has 0 aliphatic carbocycles. The molecule has 0 atom stereocenters. The highest BCUT2D eigenvalue weighted by atomic mass is 16.5. The topological polar surface area (TPSA) is 110 Å². The molecule has 9 nitrogen and oxygen atoms in total. The van der Waals surface area contributed by atoms with Gasteiger partial charge in [0, 0.05) is 42.5 Å². The molecule has 1 heterocycles. The predicted octanol–water partition coefficient (Wildman–Crippen LogP) is 4.23. The van der Waals surface area contributed by atoms with Crippen molar-refractivity contribution in [2.24, 2.45) is 0 Å². The van der Waals surface area contributed by atoms with Crippen molar-refractivity contribution < 1.29 is 23.9 Å². The highest BCUT2D eigenvalue weighted by Crippen LogP contribution is 2.31. The van der Waals surface area contributed by atoms with Gasteiger partial charge < -0.3 is 25.0 Å². The van der Waals surface area contributed by atoms with E-state index in [4.69, 9.17) is 9.47 Å². The summed E-state index contributed by atoms with van der Waals surface area (Å²) in [4.78, 5) is 43.8. The first-order valence-electron chi connectivity index (χ1n) is 11.4. The fourth-order valence-electron chi connectivity index (χ4n) is 3.68. The number of benzene rings is 3. The van der Waals surface area contributed by atoms with Crippen LogP contribution in [0.25, 0.3) is 10.9 Å². The molecule has 0 bridgehead atoms. The minimum Gasteiger partial charge on any atom is -0.497 e. The van der Waals surface area contributed by atoms with Crippen LogP contribution in [0.15, 0.2) is 79.0 Å². The number of carbonyl (C=O) groups excluding carboxylic acids is 3. The van der Waals surface area contributed by atoms with Crippen LogP contribution in [0.1, 0.15) is 31.1 Å². The van der Waals surface area contributed by atoms with Gasteiger partial charge in [-0.2, -0.15) is 0 Å². The lowest BCUT2D eigenvalue weighted by Crippen LogP contribution is -2.30. The molecule has 4 rings (SSSR count). The summed E-state index contributed by atoms with van der Waals surface area (Å²) in [6.45, 7) is -0.259. The third-order valence-corrected chi connectivity index (χ3v) is 5.69. The van der Waals surface area contributed by atoms with Gasteiger partial charge in [-0.05, 0) is 54.6 Å². The van der Waals surface area contributed by atoms with Crippen LogP contribution in [0.2, 0.25) is 0 Å². The maximum atomic E-state index is 13.2. The molecule has 0 aliphatic heterocycles. The smallest absolute Gasteiger partial charge is 0.343 e. The van der Waals surface area contributed by atoms with Gasteiger partial charge in [-0.25, -0.2) is 4.79 Å². The summed E-state index contributed by atoms with van der Waals surface area (Å²) in [7, 11) is 4.67. The molecule has 4 aromatic rings. The largest absolute Gasteiger partial charge is 0.497 e. The van der Waals surface area contributed by atoms with Crippen molar-refractivity contribution in [2.45, 2.75) is 0 Å². The normalized spacial score (nSPS) is 10.5. The summed E-state index contributed by atoms with van der Waals surface area (Å²) >= 11 is 0. The summed E-state index contributed by atoms with van der Waals surface area (Å²) < 4.78 is 10.7. The van der Waals surface area contributed by atoms with E-state index in [1.165, 1.54) is 11.1 Å². The Labute approximate surface area is 214 Å². The van der Waals surface area contributed by atoms with Crippen molar-refractivity contribution in [2.75, 3.05) is 33.3 Å². The molecule has 2 N–H and O–H groups in total. The van der Waals surface area contributed by atoms with Gasteiger partial charge in [0.25, 0.3) is 11.8 Å². The van der Waals surface area contributed by atoms with Crippen LogP contribution in [0.3, 0.4) is 0 Å². The number of pyridine rings is 1. The number of nitrogens with one attached hydrogen (secondary N) is 2. The fourth-order valence-corrected chi connectivity index (χ4v) is 3.68. The summed E-state index contributed by atoms with van der Waals surface area (Å²) in [5.74, 6) is -0.551. The van der Waals surface area contributed by atoms with E-state index in [0.29, 0.717) is 39.2 Å². The molecule has 0 radical (unpaired) electrons. The first kappa shape index (κ1) is 25.2. The zero-order chi connectivity index (χ0) is 26.4. The number of aromatic nitrogens is 1. The van der Waals surface area contributed by atoms with Gasteiger partial charge in [-0.1, -0.05) is 18.2 Å². The van der Waals surface area contributed by atoms with Crippen LogP contribution in [-0.4, -0.2) is 55.6 Å². The third-order valence-electron chi connectivity index (χ3n) is 5.69. The van der Waals surface area contributed by atoms with Gasteiger partial charge in [-0.3, -0.25) is 14.6 Å². The zero-order valence-corrected chi connectivity index (χ0v) is 20.6.